The number of benzene rings is 3. The number of allylic oxidation sites excluding steroid dienone is 1. The zero-order valence-corrected chi connectivity index (χ0v) is 20.9. The molecule has 2 heterocycles. The van der Waals surface area contributed by atoms with Crippen molar-refractivity contribution in [2.24, 2.45) is 0 Å². The highest BCUT2D eigenvalue weighted by Gasteiger charge is 2.16. The van der Waals surface area contributed by atoms with E-state index in [-0.39, 0.29) is 29.9 Å². The second-order valence-corrected chi connectivity index (χ2v) is 8.46. The minimum absolute atomic E-state index is 0.125. The number of hydrogen-bond acceptors (Lipinski definition) is 8. The Labute approximate surface area is 218 Å². The van der Waals surface area contributed by atoms with Gasteiger partial charge in [-0.05, 0) is 73.2 Å². The number of aromatic hydroxyl groups is 1. The average Bonchev–Trinajstić information content (AvgIpc) is 3.60. The number of fused-ring (bicyclic) bond motifs is 1. The monoisotopic (exact) mass is 510 g/mol. The van der Waals surface area contributed by atoms with Crippen molar-refractivity contribution in [1.82, 2.24) is 30.2 Å². The third-order valence-electron chi connectivity index (χ3n) is 5.98. The molecule has 1 unspecified atom stereocenters. The summed E-state index contributed by atoms with van der Waals surface area (Å²) in [4.78, 5) is 17.5. The van der Waals surface area contributed by atoms with E-state index in [0.29, 0.717) is 23.7 Å². The van der Waals surface area contributed by atoms with Gasteiger partial charge in [0.05, 0.1) is 16.6 Å². The molecule has 38 heavy (non-hydrogen) atoms. The number of ketones is 1. The van der Waals surface area contributed by atoms with Gasteiger partial charge in [0.15, 0.2) is 5.78 Å². The van der Waals surface area contributed by atoms with Crippen LogP contribution in [0.3, 0.4) is 0 Å². The van der Waals surface area contributed by atoms with E-state index in [4.69, 9.17) is 14.5 Å². The van der Waals surface area contributed by atoms with Crippen LogP contribution in [0, 0.1) is 0 Å². The molecule has 0 spiro atoms. The van der Waals surface area contributed by atoms with Crippen LogP contribution in [-0.4, -0.2) is 47.7 Å². The summed E-state index contributed by atoms with van der Waals surface area (Å²) in [5, 5.41) is 23.9. The van der Waals surface area contributed by atoms with Crippen molar-refractivity contribution >= 4 is 22.9 Å². The number of rotatable bonds is 10. The Morgan fingerprint density at radius 3 is 2.71 bits per heavy atom. The molecule has 192 valence electrons. The fraction of sp³-hybridized carbons (Fsp3) is 0.179. The minimum Gasteiger partial charge on any atom is -0.507 e. The zero-order valence-electron chi connectivity index (χ0n) is 20.9. The highest BCUT2D eigenvalue weighted by atomic mass is 16.5. The number of aromatic nitrogens is 6. The van der Waals surface area contributed by atoms with Crippen molar-refractivity contribution < 1.29 is 19.4 Å². The molecule has 10 heteroatoms. The maximum Gasteiger partial charge on any atom is 0.204 e. The predicted molar refractivity (Wildman–Crippen MR) is 141 cm³/mol. The Morgan fingerprint density at radius 1 is 1.13 bits per heavy atom. The molecule has 0 radical (unpaired) electrons. The Balaban J connectivity index is 1.27. The lowest BCUT2D eigenvalue weighted by molar-refractivity contribution is 0.0238. The summed E-state index contributed by atoms with van der Waals surface area (Å²) >= 11 is 0. The Kier molecular flexibility index (Phi) is 7.23. The molecule has 0 bridgehead atoms. The van der Waals surface area contributed by atoms with Crippen LogP contribution in [0.4, 0.5) is 0 Å². The number of nitrogens with zero attached hydrogens (tertiary/aromatic N) is 5. The maximum absolute atomic E-state index is 12.7. The van der Waals surface area contributed by atoms with Crippen molar-refractivity contribution in [2.45, 2.75) is 26.7 Å². The fourth-order valence-electron chi connectivity index (χ4n) is 4.16. The lowest BCUT2D eigenvalue weighted by atomic mass is 10.0. The van der Waals surface area contributed by atoms with Gasteiger partial charge in [0.1, 0.15) is 30.2 Å². The van der Waals surface area contributed by atoms with Crippen molar-refractivity contribution in [2.75, 3.05) is 6.61 Å². The van der Waals surface area contributed by atoms with Gasteiger partial charge in [-0.3, -0.25) is 9.36 Å². The molecular weight excluding hydrogens is 484 g/mol. The van der Waals surface area contributed by atoms with Crippen LogP contribution in [-0.2, 0) is 11.3 Å². The zero-order chi connectivity index (χ0) is 26.5. The summed E-state index contributed by atoms with van der Waals surface area (Å²) in [6, 6.07) is 19.9. The number of carbonyl (C=O) groups excluding carboxylic acids is 1. The van der Waals surface area contributed by atoms with Gasteiger partial charge in [0, 0.05) is 12.2 Å². The standard InChI is InChI=1S/C28H26N6O4/c1-3-37-18(2)34-24-7-5-4-6-23(24)29-27(34)17-38-21-12-8-19(9-13-21)10-14-25(35)22-16-20(11-15-26(22)36)28-30-32-33-31-28/h4-16,18,36H,3,17H2,1-2H3,(H,30,31,32,33)/b14-10+. The first-order valence-corrected chi connectivity index (χ1v) is 12.1. The first-order valence-electron chi connectivity index (χ1n) is 12.1. The number of hydrogen-bond donors (Lipinski definition) is 2. The second-order valence-electron chi connectivity index (χ2n) is 8.46. The SMILES string of the molecule is CCOC(C)n1c(COc2ccc(/C=C/C(=O)c3cc(-c4nn[nH]n4)ccc3O)cc2)nc2ccccc21. The molecule has 5 aromatic rings. The molecule has 5 rings (SSSR count). The van der Waals surface area contributed by atoms with E-state index in [1.807, 2.05) is 66.9 Å². The van der Waals surface area contributed by atoms with Crippen LogP contribution in [0.25, 0.3) is 28.5 Å². The van der Waals surface area contributed by atoms with Gasteiger partial charge in [0.2, 0.25) is 5.82 Å². The van der Waals surface area contributed by atoms with E-state index in [1.54, 1.807) is 12.1 Å². The van der Waals surface area contributed by atoms with E-state index in [0.717, 1.165) is 22.4 Å². The number of imidazole rings is 1. The van der Waals surface area contributed by atoms with Crippen molar-refractivity contribution in [3.63, 3.8) is 0 Å². The number of ether oxygens (including phenoxy) is 2. The minimum atomic E-state index is -0.351. The second kappa shape index (κ2) is 11.1. The first kappa shape index (κ1) is 24.8. The molecule has 0 saturated heterocycles. The normalized spacial score (nSPS) is 12.3. The molecular formula is C28H26N6O4. The van der Waals surface area contributed by atoms with Crippen molar-refractivity contribution in [3.8, 4) is 22.9 Å². The third kappa shape index (κ3) is 5.30. The van der Waals surface area contributed by atoms with Crippen LogP contribution in [0.15, 0.2) is 72.8 Å². The molecule has 0 aliphatic heterocycles. The van der Waals surface area contributed by atoms with Crippen LogP contribution in [0.2, 0.25) is 0 Å². The van der Waals surface area contributed by atoms with Gasteiger partial charge in [-0.1, -0.05) is 30.3 Å². The third-order valence-corrected chi connectivity index (χ3v) is 5.98. The van der Waals surface area contributed by atoms with Gasteiger partial charge >= 0.3 is 0 Å². The molecule has 0 fully saturated rings. The number of carbonyl (C=O) groups is 1. The van der Waals surface area contributed by atoms with Crippen LogP contribution < -0.4 is 4.74 Å². The summed E-state index contributed by atoms with van der Waals surface area (Å²) in [6.45, 7) is 4.82. The molecule has 2 aromatic heterocycles. The van der Waals surface area contributed by atoms with Crippen molar-refractivity contribution in [1.29, 1.82) is 0 Å². The molecule has 10 nitrogen and oxygen atoms in total. The van der Waals surface area contributed by atoms with Crippen molar-refractivity contribution in [3.05, 3.63) is 89.8 Å². The highest BCUT2D eigenvalue weighted by molar-refractivity contribution is 6.09. The Bertz CT molecular complexity index is 1580. The quantitative estimate of drug-likeness (QED) is 0.199. The largest absolute Gasteiger partial charge is 0.507 e. The Morgan fingerprint density at radius 2 is 1.95 bits per heavy atom. The summed E-state index contributed by atoms with van der Waals surface area (Å²) in [7, 11) is 0. The maximum atomic E-state index is 12.7. The van der Waals surface area contributed by atoms with Gasteiger partial charge in [-0.2, -0.15) is 5.21 Å². The average molecular weight is 511 g/mol. The molecule has 0 amide bonds. The van der Waals surface area contributed by atoms with Gasteiger partial charge in [0.25, 0.3) is 0 Å². The molecule has 2 N–H and O–H groups in total. The lowest BCUT2D eigenvalue weighted by Crippen LogP contribution is -2.14. The van der Waals surface area contributed by atoms with Gasteiger partial charge in [-0.25, -0.2) is 4.98 Å². The van der Waals surface area contributed by atoms with E-state index >= 15 is 0 Å². The topological polar surface area (TPSA) is 128 Å². The number of H-pyrrole nitrogens is 1. The van der Waals surface area contributed by atoms with Crippen LogP contribution in [0.1, 0.15) is 41.8 Å². The van der Waals surface area contributed by atoms with Gasteiger partial charge in [-0.15, -0.1) is 10.2 Å². The number of para-hydroxylation sites is 2. The molecule has 0 saturated carbocycles. The molecule has 3 aromatic carbocycles. The fourth-order valence-corrected chi connectivity index (χ4v) is 4.16. The van der Waals surface area contributed by atoms with Crippen LogP contribution in [0.5, 0.6) is 11.5 Å². The summed E-state index contributed by atoms with van der Waals surface area (Å²) in [5.41, 5.74) is 3.39. The molecule has 1 atom stereocenters. The number of phenols is 1. The lowest BCUT2D eigenvalue weighted by Gasteiger charge is -2.17. The smallest absolute Gasteiger partial charge is 0.204 e. The summed E-state index contributed by atoms with van der Waals surface area (Å²) < 4.78 is 13.9. The molecule has 0 aliphatic rings. The van der Waals surface area contributed by atoms with E-state index in [9.17, 15) is 9.90 Å². The van der Waals surface area contributed by atoms with E-state index in [1.165, 1.54) is 18.2 Å². The Hall–Kier alpha value is -4.83. The summed E-state index contributed by atoms with van der Waals surface area (Å²) in [5.74, 6) is 1.29. The number of nitrogens with one attached hydrogen (secondary N) is 1. The first-order chi connectivity index (χ1) is 18.5. The highest BCUT2D eigenvalue weighted by Crippen LogP contribution is 2.25. The van der Waals surface area contributed by atoms with Gasteiger partial charge < -0.3 is 14.6 Å². The van der Waals surface area contributed by atoms with E-state index in [2.05, 4.69) is 20.6 Å². The molecule has 0 aliphatic carbocycles. The van der Waals surface area contributed by atoms with Crippen LogP contribution >= 0.6 is 0 Å². The number of phenolic OH excluding ortho intramolecular Hbond substituents is 1. The number of tetrazole rings is 1. The van der Waals surface area contributed by atoms with E-state index < -0.39 is 0 Å². The number of aromatic amines is 1. The summed E-state index contributed by atoms with van der Waals surface area (Å²) in [6.07, 6.45) is 2.90. The predicted octanol–water partition coefficient (Wildman–Crippen LogP) is 4.95.